The summed E-state index contributed by atoms with van der Waals surface area (Å²) in [5.74, 6) is 7.29. The van der Waals surface area contributed by atoms with Gasteiger partial charge in [-0.3, -0.25) is 19.9 Å². The van der Waals surface area contributed by atoms with E-state index in [0.717, 1.165) is 61.7 Å². The summed E-state index contributed by atoms with van der Waals surface area (Å²) < 4.78 is 28.3. The first kappa shape index (κ1) is 35.6. The van der Waals surface area contributed by atoms with Gasteiger partial charge in [-0.1, -0.05) is 24.0 Å². The molecule has 1 saturated heterocycles. The number of nitrogens with zero attached hydrogens (tertiary/aromatic N) is 4. The molecule has 0 aromatic carbocycles. The second-order valence-electron chi connectivity index (χ2n) is 7.92. The molecule has 1 atom stereocenters. The summed E-state index contributed by atoms with van der Waals surface area (Å²) in [5, 5.41) is 3.33. The summed E-state index contributed by atoms with van der Waals surface area (Å²) in [6.07, 6.45) is 10.2. The minimum atomic E-state index is 0. The van der Waals surface area contributed by atoms with Crippen LogP contribution in [-0.2, 0) is 47.5 Å². The van der Waals surface area contributed by atoms with Crippen molar-refractivity contribution in [2.24, 2.45) is 0 Å². The van der Waals surface area contributed by atoms with Crippen molar-refractivity contribution in [3.05, 3.63) is 104 Å². The molecule has 0 unspecified atom stereocenters. The number of ether oxygens (including phenoxy) is 1. The third-order valence-corrected chi connectivity index (χ3v) is 5.32. The Morgan fingerprint density at radius 2 is 1.56 bits per heavy atom. The van der Waals surface area contributed by atoms with Gasteiger partial charge in [0.1, 0.15) is 12.4 Å². The molecular formula is C29H29N5O4Re. The van der Waals surface area contributed by atoms with Gasteiger partial charge in [-0.25, -0.2) is 0 Å². The SMILES string of the molecule is C(#Cc1cncc(OC[C@@H]2CCN2)c1)CCCN(Cc1ccccn1)Cc1ccccn1.[C-]#[O+].[C-]#[O+].[C-]#[O+].[Re]. The van der Waals surface area contributed by atoms with Crippen molar-refractivity contribution in [1.29, 1.82) is 0 Å². The number of rotatable bonds is 10. The molecule has 1 aliphatic rings. The Morgan fingerprint density at radius 1 is 0.949 bits per heavy atom. The first-order chi connectivity index (χ1) is 18.8. The summed E-state index contributed by atoms with van der Waals surface area (Å²) in [4.78, 5) is 15.6. The second kappa shape index (κ2) is 23.7. The Labute approximate surface area is 243 Å². The van der Waals surface area contributed by atoms with E-state index >= 15 is 0 Å². The van der Waals surface area contributed by atoms with Crippen LogP contribution in [0.25, 0.3) is 0 Å². The van der Waals surface area contributed by atoms with Crippen LogP contribution < -0.4 is 10.1 Å². The molecule has 0 saturated carbocycles. The van der Waals surface area contributed by atoms with Crippen molar-refractivity contribution in [1.82, 2.24) is 25.2 Å². The van der Waals surface area contributed by atoms with Crippen LogP contribution in [-0.4, -0.2) is 45.6 Å². The Balaban J connectivity index is 0.00000193. The Hall–Kier alpha value is -3.39. The molecule has 4 heterocycles. The van der Waals surface area contributed by atoms with Gasteiger partial charge >= 0.3 is 33.9 Å². The predicted octanol–water partition coefficient (Wildman–Crippen LogP) is 3.33. The molecule has 9 nitrogen and oxygen atoms in total. The third kappa shape index (κ3) is 15.0. The van der Waals surface area contributed by atoms with E-state index in [0.29, 0.717) is 12.6 Å². The quantitative estimate of drug-likeness (QED) is 0.150. The van der Waals surface area contributed by atoms with E-state index in [2.05, 4.69) is 69.1 Å². The van der Waals surface area contributed by atoms with E-state index in [1.165, 1.54) is 6.42 Å². The first-order valence-corrected chi connectivity index (χ1v) is 11.8. The summed E-state index contributed by atoms with van der Waals surface area (Å²) in [6.45, 7) is 17.8. The number of aromatic nitrogens is 3. The zero-order valence-electron chi connectivity index (χ0n) is 21.4. The standard InChI is InChI=1S/C26H29N5O.3CO.Re/c1(2-8-22-16-26(18-27-17-22)32-21-25-11-14-30-25)7-15-31(19-23-9-3-5-12-28-23)20-24-10-4-6-13-29-24;3*1-2;/h3-6,9-10,12-13,16-18,25,30H,1,7,11,14-15,19-21H2;;;;/t25-;;;;/m0..../s1. The Morgan fingerprint density at radius 3 is 2.08 bits per heavy atom. The Kier molecular flexibility index (Phi) is 21.6. The van der Waals surface area contributed by atoms with Gasteiger partial charge in [0, 0.05) is 70.1 Å². The van der Waals surface area contributed by atoms with Crippen molar-refractivity contribution in [3.8, 4) is 17.6 Å². The third-order valence-electron chi connectivity index (χ3n) is 5.32. The second-order valence-corrected chi connectivity index (χ2v) is 7.92. The molecule has 1 fully saturated rings. The normalized spacial score (nSPS) is 12.4. The van der Waals surface area contributed by atoms with Crippen molar-refractivity contribution >= 4 is 0 Å². The molecule has 39 heavy (non-hydrogen) atoms. The fourth-order valence-corrected chi connectivity index (χ4v) is 3.46. The van der Waals surface area contributed by atoms with Crippen LogP contribution in [0.5, 0.6) is 5.75 Å². The molecule has 0 amide bonds. The van der Waals surface area contributed by atoms with E-state index in [1.807, 2.05) is 42.7 Å². The molecule has 4 rings (SSSR count). The molecule has 10 heteroatoms. The van der Waals surface area contributed by atoms with Crippen LogP contribution in [0.1, 0.15) is 36.2 Å². The van der Waals surface area contributed by atoms with Gasteiger partial charge in [0.25, 0.3) is 0 Å². The maximum atomic E-state index is 7.50. The smallest absolute Gasteiger partial charge is 0 e. The van der Waals surface area contributed by atoms with Gasteiger partial charge in [-0.2, -0.15) is 0 Å². The molecule has 0 aliphatic carbocycles. The fraction of sp³-hybridized carbons (Fsp3) is 0.310. The molecule has 201 valence electrons. The maximum Gasteiger partial charge on any atom is 0 e. The van der Waals surface area contributed by atoms with E-state index in [-0.39, 0.29) is 20.4 Å². The molecule has 1 radical (unpaired) electrons. The number of hydrogen-bond donors (Lipinski definition) is 1. The molecule has 3 aromatic heterocycles. The van der Waals surface area contributed by atoms with E-state index < -0.39 is 0 Å². The van der Waals surface area contributed by atoms with Crippen LogP contribution in [0.2, 0.25) is 0 Å². The average Bonchev–Trinajstić information content (AvgIpc) is 2.96. The topological polar surface area (TPSA) is 123 Å². The average molecular weight is 698 g/mol. The van der Waals surface area contributed by atoms with Crippen LogP contribution in [0, 0.1) is 31.8 Å². The molecule has 3 aromatic rings. The first-order valence-electron chi connectivity index (χ1n) is 11.8. The summed E-state index contributed by atoms with van der Waals surface area (Å²) in [7, 11) is 0. The van der Waals surface area contributed by atoms with Gasteiger partial charge < -0.3 is 10.1 Å². The number of unbranched alkanes of at least 4 members (excludes halogenated alkanes) is 1. The predicted molar refractivity (Wildman–Crippen MR) is 137 cm³/mol. The zero-order chi connectivity index (χ0) is 27.8. The minimum Gasteiger partial charge on any atom is 0 e. The zero-order valence-corrected chi connectivity index (χ0v) is 24.1. The van der Waals surface area contributed by atoms with Gasteiger partial charge in [0.2, 0.25) is 0 Å². The molecule has 1 N–H and O–H groups in total. The van der Waals surface area contributed by atoms with Crippen LogP contribution >= 0.6 is 0 Å². The van der Waals surface area contributed by atoms with Crippen LogP contribution in [0.15, 0.2) is 67.3 Å². The van der Waals surface area contributed by atoms with Crippen LogP contribution in [0.3, 0.4) is 0 Å². The van der Waals surface area contributed by atoms with Gasteiger partial charge in [-0.15, -0.1) is 0 Å². The molecular weight excluding hydrogens is 669 g/mol. The summed E-state index contributed by atoms with van der Waals surface area (Å²) in [5.41, 5.74) is 3.02. The molecule has 0 spiro atoms. The number of hydrogen-bond acceptors (Lipinski definition) is 6. The van der Waals surface area contributed by atoms with Crippen molar-refractivity contribution in [2.45, 2.75) is 38.4 Å². The molecule has 1 aliphatic heterocycles. The maximum absolute atomic E-state index is 7.50. The van der Waals surface area contributed by atoms with E-state index in [4.69, 9.17) is 18.7 Å². The van der Waals surface area contributed by atoms with E-state index in [9.17, 15) is 0 Å². The van der Waals surface area contributed by atoms with Gasteiger partial charge in [0.05, 0.1) is 17.6 Å². The monoisotopic (exact) mass is 698 g/mol. The van der Waals surface area contributed by atoms with Crippen LogP contribution in [0.4, 0.5) is 0 Å². The minimum absolute atomic E-state index is 0. The fourth-order valence-electron chi connectivity index (χ4n) is 3.46. The Bertz CT molecular complexity index is 1100. The van der Waals surface area contributed by atoms with E-state index in [1.54, 1.807) is 12.4 Å². The molecule has 0 bridgehead atoms. The van der Waals surface area contributed by atoms with Gasteiger partial charge in [-0.05, 0) is 56.3 Å². The number of pyridine rings is 3. The van der Waals surface area contributed by atoms with Crippen molar-refractivity contribution < 1.29 is 39.1 Å². The summed E-state index contributed by atoms with van der Waals surface area (Å²) in [6, 6.07) is 14.5. The van der Waals surface area contributed by atoms with Crippen molar-refractivity contribution in [2.75, 3.05) is 19.7 Å². The van der Waals surface area contributed by atoms with Crippen molar-refractivity contribution in [3.63, 3.8) is 0 Å². The largest absolute Gasteiger partial charge is 0 e. The van der Waals surface area contributed by atoms with Gasteiger partial charge in [0.15, 0.2) is 0 Å². The summed E-state index contributed by atoms with van der Waals surface area (Å²) >= 11 is 0. The number of nitrogens with one attached hydrogen (secondary N) is 1.